The van der Waals surface area contributed by atoms with Crippen LogP contribution in [0.25, 0.3) is 0 Å². The Morgan fingerprint density at radius 3 is 2.02 bits per heavy atom. The fraction of sp³-hybridized carbons (Fsp3) is 0.231. The first-order chi connectivity index (χ1) is 23.2. The molecule has 1 aliphatic rings. The second kappa shape index (κ2) is 16.3. The third-order valence-corrected chi connectivity index (χ3v) is 9.37. The molecule has 4 atom stereocenters. The van der Waals surface area contributed by atoms with Crippen molar-refractivity contribution >= 4 is 21.8 Å². The van der Waals surface area contributed by atoms with Crippen molar-refractivity contribution < 1.29 is 37.0 Å². The number of aryl methyl sites for hydroxylation is 1. The summed E-state index contributed by atoms with van der Waals surface area (Å²) in [6.07, 6.45) is -1.20. The zero-order valence-corrected chi connectivity index (χ0v) is 27.5. The first kappa shape index (κ1) is 34.5. The second-order valence-corrected chi connectivity index (χ2v) is 13.3. The Kier molecular flexibility index (Phi) is 11.7. The Morgan fingerprint density at radius 2 is 1.42 bits per heavy atom. The van der Waals surface area contributed by atoms with Gasteiger partial charge in [-0.25, -0.2) is 18.0 Å². The predicted molar refractivity (Wildman–Crippen MR) is 182 cm³/mol. The van der Waals surface area contributed by atoms with Crippen molar-refractivity contribution in [1.29, 1.82) is 0 Å². The second-order valence-electron chi connectivity index (χ2n) is 11.5. The van der Waals surface area contributed by atoms with Crippen LogP contribution in [0.5, 0.6) is 0 Å². The minimum absolute atomic E-state index is 0.0513. The molecule has 0 aliphatic carbocycles. The Morgan fingerprint density at radius 1 is 0.833 bits per heavy atom. The number of benzene rings is 4. The van der Waals surface area contributed by atoms with Gasteiger partial charge in [-0.1, -0.05) is 90.5 Å². The maximum Gasteiger partial charge on any atom is 0.338 e. The molecule has 4 aromatic rings. The van der Waals surface area contributed by atoms with Gasteiger partial charge >= 0.3 is 11.9 Å². The number of sulfone groups is 1. The highest BCUT2D eigenvalue weighted by molar-refractivity contribution is 7.94. The molecule has 0 N–H and O–H groups in total. The molecule has 1 heterocycles. The van der Waals surface area contributed by atoms with Crippen LogP contribution in [0.4, 0.5) is 0 Å². The van der Waals surface area contributed by atoms with Gasteiger partial charge in [-0.3, -0.25) is 0 Å². The average Bonchev–Trinajstić information content (AvgIpc) is 3.41. The van der Waals surface area contributed by atoms with Crippen molar-refractivity contribution in [2.45, 2.75) is 55.7 Å². The summed E-state index contributed by atoms with van der Waals surface area (Å²) in [5, 5.41) is 1.22. The molecule has 4 aromatic carbocycles. The molecule has 0 spiro atoms. The minimum atomic E-state index is -3.90. The largest absolute Gasteiger partial charge is 0.458 e. The van der Waals surface area contributed by atoms with Gasteiger partial charge in [-0.2, -0.15) is 0 Å². The number of hydrogen-bond acceptors (Lipinski definition) is 8. The smallest absolute Gasteiger partial charge is 0.338 e. The highest BCUT2D eigenvalue weighted by Crippen LogP contribution is 2.36. The molecule has 0 aromatic heterocycles. The van der Waals surface area contributed by atoms with Crippen LogP contribution in [0.3, 0.4) is 0 Å². The van der Waals surface area contributed by atoms with Gasteiger partial charge < -0.3 is 18.9 Å². The predicted octanol–water partition coefficient (Wildman–Crippen LogP) is 7.05. The Labute approximate surface area is 281 Å². The van der Waals surface area contributed by atoms with Gasteiger partial charge in [-0.05, 0) is 55.3 Å². The molecule has 1 saturated heterocycles. The van der Waals surface area contributed by atoms with Crippen LogP contribution in [-0.4, -0.2) is 51.4 Å². The summed E-state index contributed by atoms with van der Waals surface area (Å²) in [5.74, 6) is -1.17. The standard InChI is InChI=1S/C39H38O8S/c1-3-13-35-34(27-48(42,43)33-22-20-28(2)21-23-33)37(44-25-29-14-7-4-8-15-29)36(47-35)24-32(46-39(41)31-18-11-6-12-19-31)26-45-38(40)30-16-9-5-10-17-30/h3-12,14-23,27,32,35-37H,1,13,24-26H2,2H3/b34-27-/t32-,35-,36+,37+/m0/s1. The zero-order chi connectivity index (χ0) is 33.9. The normalized spacial score (nSPS) is 19.0. The van der Waals surface area contributed by atoms with Crippen LogP contribution in [0, 0.1) is 6.92 Å². The summed E-state index contributed by atoms with van der Waals surface area (Å²) in [6, 6.07) is 33.1. The van der Waals surface area contributed by atoms with Gasteiger partial charge in [0, 0.05) is 17.4 Å². The molecule has 0 unspecified atom stereocenters. The lowest BCUT2D eigenvalue weighted by molar-refractivity contribution is -0.0619. The minimum Gasteiger partial charge on any atom is -0.458 e. The van der Waals surface area contributed by atoms with E-state index in [1.165, 1.54) is 5.41 Å². The zero-order valence-electron chi connectivity index (χ0n) is 26.6. The van der Waals surface area contributed by atoms with Gasteiger partial charge in [0.1, 0.15) is 18.8 Å². The molecular weight excluding hydrogens is 628 g/mol. The summed E-state index contributed by atoms with van der Waals surface area (Å²) >= 11 is 0. The molecule has 9 heteroatoms. The lowest BCUT2D eigenvalue weighted by Gasteiger charge is -2.25. The molecule has 1 aliphatic heterocycles. The third-order valence-electron chi connectivity index (χ3n) is 7.86. The van der Waals surface area contributed by atoms with E-state index in [2.05, 4.69) is 6.58 Å². The summed E-state index contributed by atoms with van der Waals surface area (Å²) in [4.78, 5) is 26.2. The molecule has 0 bridgehead atoms. The van der Waals surface area contributed by atoms with Gasteiger partial charge in [0.15, 0.2) is 9.84 Å². The van der Waals surface area contributed by atoms with E-state index in [4.69, 9.17) is 18.9 Å². The molecule has 48 heavy (non-hydrogen) atoms. The lowest BCUT2D eigenvalue weighted by atomic mass is 10.00. The summed E-state index contributed by atoms with van der Waals surface area (Å²) < 4.78 is 51.8. The molecule has 5 rings (SSSR count). The van der Waals surface area contributed by atoms with E-state index >= 15 is 0 Å². The average molecular weight is 667 g/mol. The fourth-order valence-electron chi connectivity index (χ4n) is 5.39. The third kappa shape index (κ3) is 9.16. The van der Waals surface area contributed by atoms with Crippen LogP contribution >= 0.6 is 0 Å². The van der Waals surface area contributed by atoms with Gasteiger partial charge in [0.25, 0.3) is 0 Å². The van der Waals surface area contributed by atoms with E-state index in [0.717, 1.165) is 11.1 Å². The topological polar surface area (TPSA) is 105 Å². The quantitative estimate of drug-likeness (QED) is 0.104. The van der Waals surface area contributed by atoms with Crippen molar-refractivity contribution in [1.82, 2.24) is 0 Å². The van der Waals surface area contributed by atoms with E-state index in [9.17, 15) is 18.0 Å². The Balaban J connectivity index is 1.46. The van der Waals surface area contributed by atoms with Crippen LogP contribution in [-0.2, 0) is 35.4 Å². The summed E-state index contributed by atoms with van der Waals surface area (Å²) in [7, 11) is -3.90. The number of carbonyl (C=O) groups excluding carboxylic acids is 2. The van der Waals surface area contributed by atoms with Crippen molar-refractivity contribution in [2.75, 3.05) is 6.61 Å². The van der Waals surface area contributed by atoms with Crippen LogP contribution in [0.15, 0.2) is 144 Å². The molecule has 0 radical (unpaired) electrons. The lowest BCUT2D eigenvalue weighted by Crippen LogP contribution is -2.34. The molecular formula is C39H38O8S. The number of carbonyl (C=O) groups is 2. The molecule has 0 saturated carbocycles. The van der Waals surface area contributed by atoms with Crippen molar-refractivity contribution in [2.24, 2.45) is 0 Å². The van der Waals surface area contributed by atoms with Crippen molar-refractivity contribution in [3.8, 4) is 0 Å². The summed E-state index contributed by atoms with van der Waals surface area (Å²) in [5.41, 5.74) is 2.92. The van der Waals surface area contributed by atoms with Gasteiger partial charge in [0.05, 0.1) is 34.8 Å². The van der Waals surface area contributed by atoms with Gasteiger partial charge in [0.2, 0.25) is 0 Å². The monoisotopic (exact) mass is 666 g/mol. The Bertz CT molecular complexity index is 1800. The first-order valence-electron chi connectivity index (χ1n) is 15.7. The molecule has 8 nitrogen and oxygen atoms in total. The van der Waals surface area contributed by atoms with Crippen LogP contribution < -0.4 is 0 Å². The van der Waals surface area contributed by atoms with Gasteiger partial charge in [-0.15, -0.1) is 6.58 Å². The van der Waals surface area contributed by atoms with Crippen molar-refractivity contribution in [3.05, 3.63) is 161 Å². The van der Waals surface area contributed by atoms with E-state index in [1.54, 1.807) is 91.0 Å². The van der Waals surface area contributed by atoms with E-state index in [0.29, 0.717) is 23.1 Å². The number of rotatable bonds is 14. The first-order valence-corrected chi connectivity index (χ1v) is 17.2. The molecule has 1 fully saturated rings. The van der Waals surface area contributed by atoms with Crippen molar-refractivity contribution in [3.63, 3.8) is 0 Å². The van der Waals surface area contributed by atoms with Crippen LogP contribution in [0.1, 0.15) is 44.7 Å². The van der Waals surface area contributed by atoms with Crippen LogP contribution in [0.2, 0.25) is 0 Å². The number of hydrogen-bond donors (Lipinski definition) is 0. The number of ether oxygens (including phenoxy) is 4. The summed E-state index contributed by atoms with van der Waals surface area (Å²) in [6.45, 7) is 5.65. The van der Waals surface area contributed by atoms with E-state index in [-0.39, 0.29) is 24.5 Å². The fourth-order valence-corrected chi connectivity index (χ4v) is 6.69. The van der Waals surface area contributed by atoms with E-state index < -0.39 is 46.2 Å². The maximum atomic E-state index is 13.7. The molecule has 0 amide bonds. The maximum absolute atomic E-state index is 13.7. The SMILES string of the molecule is C=CC[C@@H]1O[C@H](C[C@@H](COC(=O)c2ccccc2)OC(=O)c2ccccc2)[C@H](OCc2ccccc2)/C1=C\S(=O)(=O)c1ccc(C)cc1. The number of esters is 2. The Hall–Kier alpha value is -4.83. The van der Waals surface area contributed by atoms with E-state index in [1.807, 2.05) is 37.3 Å². The highest BCUT2D eigenvalue weighted by atomic mass is 32.2. The highest BCUT2D eigenvalue weighted by Gasteiger charge is 2.43. The molecule has 248 valence electrons.